The molecule has 20 heavy (non-hydrogen) atoms. The Morgan fingerprint density at radius 3 is 2.35 bits per heavy atom. The number of ether oxygens (including phenoxy) is 2. The van der Waals surface area contributed by atoms with Gasteiger partial charge in [0.05, 0.1) is 6.61 Å². The van der Waals surface area contributed by atoms with Crippen molar-refractivity contribution in [2.45, 2.75) is 64.6 Å². The number of aliphatic hydroxyl groups excluding tert-OH is 1. The molecule has 1 rings (SSSR count). The lowest BCUT2D eigenvalue weighted by molar-refractivity contribution is -0.151. The molecule has 5 heteroatoms. The Morgan fingerprint density at radius 2 is 1.80 bits per heavy atom. The van der Waals surface area contributed by atoms with Crippen molar-refractivity contribution in [1.29, 1.82) is 0 Å². The van der Waals surface area contributed by atoms with Gasteiger partial charge in [0.25, 0.3) is 0 Å². The van der Waals surface area contributed by atoms with E-state index in [1.807, 2.05) is 0 Å². The van der Waals surface area contributed by atoms with Crippen LogP contribution in [0.5, 0.6) is 0 Å². The molecule has 1 aliphatic heterocycles. The number of esters is 2. The maximum absolute atomic E-state index is 11.2. The Morgan fingerprint density at radius 1 is 1.20 bits per heavy atom. The highest BCUT2D eigenvalue weighted by atomic mass is 16.6. The van der Waals surface area contributed by atoms with E-state index in [0.717, 1.165) is 44.9 Å². The zero-order valence-corrected chi connectivity index (χ0v) is 12.1. The summed E-state index contributed by atoms with van der Waals surface area (Å²) in [7, 11) is 0. The van der Waals surface area contributed by atoms with Gasteiger partial charge in [-0.05, 0) is 25.3 Å². The number of cyclic esters (lactones) is 1. The fourth-order valence-electron chi connectivity index (χ4n) is 2.16. The van der Waals surface area contributed by atoms with Gasteiger partial charge in [0, 0.05) is 12.5 Å². The molecular weight excluding hydrogens is 260 g/mol. The average Bonchev–Trinajstić information content (AvgIpc) is 2.70. The largest absolute Gasteiger partial charge is 0.466 e. The van der Waals surface area contributed by atoms with Gasteiger partial charge in [-0.25, -0.2) is 4.79 Å². The summed E-state index contributed by atoms with van der Waals surface area (Å²) >= 11 is 0. The zero-order chi connectivity index (χ0) is 14.8. The second-order valence-electron chi connectivity index (χ2n) is 5.05. The summed E-state index contributed by atoms with van der Waals surface area (Å²) in [5, 5.41) is 9.10. The Kier molecular flexibility index (Phi) is 7.95. The summed E-state index contributed by atoms with van der Waals surface area (Å²) in [6, 6.07) is 0. The smallest absolute Gasteiger partial charge is 0.336 e. The van der Waals surface area contributed by atoms with Gasteiger partial charge in [0.15, 0.2) is 0 Å². The highest BCUT2D eigenvalue weighted by Gasteiger charge is 2.22. The minimum atomic E-state index is -1.05. The van der Waals surface area contributed by atoms with E-state index in [-0.39, 0.29) is 11.9 Å². The van der Waals surface area contributed by atoms with E-state index >= 15 is 0 Å². The van der Waals surface area contributed by atoms with Crippen molar-refractivity contribution in [3.05, 3.63) is 11.6 Å². The molecule has 1 unspecified atom stereocenters. The molecular formula is C15H24O5. The molecule has 114 valence electrons. The Hall–Kier alpha value is -1.36. The van der Waals surface area contributed by atoms with E-state index in [1.165, 1.54) is 13.0 Å². The first kappa shape index (κ1) is 16.7. The fourth-order valence-corrected chi connectivity index (χ4v) is 2.16. The van der Waals surface area contributed by atoms with Gasteiger partial charge in [0.1, 0.15) is 0 Å². The lowest BCUT2D eigenvalue weighted by atomic mass is 10.0. The molecule has 0 aromatic heterocycles. The number of hydrogen-bond donors (Lipinski definition) is 1. The summed E-state index contributed by atoms with van der Waals surface area (Å²) in [6.45, 7) is 1.95. The predicted octanol–water partition coefficient (Wildman–Crippen LogP) is 2.47. The van der Waals surface area contributed by atoms with Crippen LogP contribution in [-0.2, 0) is 19.1 Å². The van der Waals surface area contributed by atoms with E-state index in [1.54, 1.807) is 0 Å². The van der Waals surface area contributed by atoms with Crippen LogP contribution >= 0.6 is 0 Å². The molecule has 1 heterocycles. The number of unbranched alkanes of at least 4 members (excludes halogenated alkanes) is 6. The van der Waals surface area contributed by atoms with E-state index in [0.29, 0.717) is 18.6 Å². The van der Waals surface area contributed by atoms with Crippen molar-refractivity contribution in [2.24, 2.45) is 0 Å². The topological polar surface area (TPSA) is 72.8 Å². The van der Waals surface area contributed by atoms with Gasteiger partial charge in [-0.15, -0.1) is 0 Å². The molecule has 1 N–H and O–H groups in total. The molecule has 0 spiro atoms. The number of hydrogen-bond acceptors (Lipinski definition) is 5. The average molecular weight is 284 g/mol. The second-order valence-corrected chi connectivity index (χ2v) is 5.05. The van der Waals surface area contributed by atoms with Gasteiger partial charge < -0.3 is 14.6 Å². The number of carbonyl (C=O) groups is 2. The van der Waals surface area contributed by atoms with Gasteiger partial charge >= 0.3 is 11.9 Å². The third-order valence-corrected chi connectivity index (χ3v) is 3.23. The van der Waals surface area contributed by atoms with Crippen LogP contribution in [-0.4, -0.2) is 29.9 Å². The maximum atomic E-state index is 11.2. The molecule has 0 aliphatic carbocycles. The Labute approximate surface area is 119 Å². The van der Waals surface area contributed by atoms with Crippen molar-refractivity contribution >= 4 is 11.9 Å². The first-order valence-corrected chi connectivity index (χ1v) is 7.32. The van der Waals surface area contributed by atoms with Crippen LogP contribution < -0.4 is 0 Å². The summed E-state index contributed by atoms with van der Waals surface area (Å²) < 4.78 is 9.47. The Bertz CT molecular complexity index is 348. The zero-order valence-electron chi connectivity index (χ0n) is 12.1. The quantitative estimate of drug-likeness (QED) is 0.493. The number of rotatable bonds is 10. The lowest BCUT2D eigenvalue weighted by Crippen LogP contribution is -2.06. The van der Waals surface area contributed by atoms with Crippen LogP contribution in [0.4, 0.5) is 0 Å². The molecule has 1 aliphatic rings. The van der Waals surface area contributed by atoms with E-state index < -0.39 is 6.29 Å². The second kappa shape index (κ2) is 9.53. The van der Waals surface area contributed by atoms with Gasteiger partial charge in [-0.3, -0.25) is 4.79 Å². The molecule has 0 bridgehead atoms. The summed E-state index contributed by atoms with van der Waals surface area (Å²) in [6.07, 6.45) is 8.59. The van der Waals surface area contributed by atoms with Gasteiger partial charge in [-0.1, -0.05) is 32.1 Å². The maximum Gasteiger partial charge on any atom is 0.336 e. The molecule has 0 radical (unpaired) electrons. The summed E-state index contributed by atoms with van der Waals surface area (Å²) in [5.74, 6) is -0.599. The lowest BCUT2D eigenvalue weighted by Gasteiger charge is -2.03. The molecule has 0 saturated heterocycles. The first-order chi connectivity index (χ1) is 9.59. The van der Waals surface area contributed by atoms with Crippen LogP contribution in [0.1, 0.15) is 58.3 Å². The predicted molar refractivity (Wildman–Crippen MR) is 73.8 cm³/mol. The molecule has 0 amide bonds. The van der Waals surface area contributed by atoms with E-state index in [9.17, 15) is 9.59 Å². The summed E-state index contributed by atoms with van der Waals surface area (Å²) in [4.78, 5) is 21.7. The Balaban J connectivity index is 1.87. The van der Waals surface area contributed by atoms with E-state index in [4.69, 9.17) is 9.84 Å². The third-order valence-electron chi connectivity index (χ3n) is 3.23. The molecule has 0 aromatic carbocycles. The van der Waals surface area contributed by atoms with Gasteiger partial charge in [0.2, 0.25) is 6.29 Å². The van der Waals surface area contributed by atoms with E-state index in [2.05, 4.69) is 4.74 Å². The minimum Gasteiger partial charge on any atom is -0.466 e. The van der Waals surface area contributed by atoms with Crippen LogP contribution in [0.15, 0.2) is 11.6 Å². The molecule has 0 saturated carbocycles. The highest BCUT2D eigenvalue weighted by Crippen LogP contribution is 2.19. The monoisotopic (exact) mass is 284 g/mol. The SMILES string of the molecule is CC(=O)OCCCCCCCCCC1=CC(O)OC1=O. The van der Waals surface area contributed by atoms with Crippen molar-refractivity contribution in [2.75, 3.05) is 6.61 Å². The highest BCUT2D eigenvalue weighted by molar-refractivity contribution is 5.90. The summed E-state index contributed by atoms with van der Waals surface area (Å²) in [5.41, 5.74) is 0.596. The van der Waals surface area contributed by atoms with Crippen molar-refractivity contribution < 1.29 is 24.2 Å². The minimum absolute atomic E-state index is 0.213. The first-order valence-electron chi connectivity index (χ1n) is 7.32. The van der Waals surface area contributed by atoms with Crippen LogP contribution in [0.25, 0.3) is 0 Å². The standard InChI is InChI=1S/C15H24O5/c1-12(16)19-10-8-6-4-2-3-5-7-9-13-11-14(17)20-15(13)18/h11,14,17H,2-10H2,1H3. The number of aliphatic hydroxyl groups is 1. The van der Waals surface area contributed by atoms with Crippen LogP contribution in [0, 0.1) is 0 Å². The van der Waals surface area contributed by atoms with Crippen molar-refractivity contribution in [3.63, 3.8) is 0 Å². The molecule has 5 nitrogen and oxygen atoms in total. The third kappa shape index (κ3) is 7.28. The molecule has 0 aromatic rings. The normalized spacial score (nSPS) is 17.8. The number of carbonyl (C=O) groups excluding carboxylic acids is 2. The van der Waals surface area contributed by atoms with Gasteiger partial charge in [-0.2, -0.15) is 0 Å². The van der Waals surface area contributed by atoms with Crippen molar-refractivity contribution in [1.82, 2.24) is 0 Å². The van der Waals surface area contributed by atoms with Crippen LogP contribution in [0.2, 0.25) is 0 Å². The van der Waals surface area contributed by atoms with Crippen molar-refractivity contribution in [3.8, 4) is 0 Å². The molecule has 0 fully saturated rings. The fraction of sp³-hybridized carbons (Fsp3) is 0.733. The van der Waals surface area contributed by atoms with Crippen LogP contribution in [0.3, 0.4) is 0 Å². The molecule has 1 atom stereocenters.